The highest BCUT2D eigenvalue weighted by Crippen LogP contribution is 2.20. The summed E-state index contributed by atoms with van der Waals surface area (Å²) >= 11 is 5.89. The molecule has 0 bridgehead atoms. The molecule has 0 radical (unpaired) electrons. The Kier molecular flexibility index (Phi) is 8.27. The molecule has 0 aliphatic carbocycles. The van der Waals surface area contributed by atoms with Crippen LogP contribution in [0.1, 0.15) is 11.1 Å². The second-order valence-electron chi connectivity index (χ2n) is 7.15. The monoisotopic (exact) mass is 472 g/mol. The molecule has 3 aromatic rings. The Morgan fingerprint density at radius 3 is 2.22 bits per heavy atom. The van der Waals surface area contributed by atoms with E-state index in [-0.39, 0.29) is 30.4 Å². The number of sulfonamides is 1. The zero-order valence-electron chi connectivity index (χ0n) is 17.7. The van der Waals surface area contributed by atoms with Crippen LogP contribution in [0.4, 0.5) is 0 Å². The minimum atomic E-state index is -3.88. The molecule has 0 spiro atoms. The molecule has 0 aliphatic rings. The number of rotatable bonds is 10. The van der Waals surface area contributed by atoms with E-state index < -0.39 is 10.0 Å². The van der Waals surface area contributed by atoms with Crippen LogP contribution in [0, 0.1) is 0 Å². The summed E-state index contributed by atoms with van der Waals surface area (Å²) < 4.78 is 32.9. The molecular formula is C24H25ClN2O4S. The highest BCUT2D eigenvalue weighted by Gasteiger charge is 2.26. The van der Waals surface area contributed by atoms with Crippen molar-refractivity contribution in [3.8, 4) is 5.75 Å². The van der Waals surface area contributed by atoms with Gasteiger partial charge in [0.15, 0.2) is 0 Å². The summed E-state index contributed by atoms with van der Waals surface area (Å²) in [4.78, 5) is 12.7. The number of carbonyl (C=O) groups is 1. The summed E-state index contributed by atoms with van der Waals surface area (Å²) in [6, 6.07) is 22.8. The molecule has 3 rings (SSSR count). The third-order valence-corrected chi connectivity index (χ3v) is 7.02. The number of amides is 1. The summed E-state index contributed by atoms with van der Waals surface area (Å²) in [7, 11) is -2.37. The Balaban J connectivity index is 1.74. The van der Waals surface area contributed by atoms with E-state index in [0.29, 0.717) is 17.2 Å². The normalized spacial score (nSPS) is 11.3. The second-order valence-corrected chi connectivity index (χ2v) is 9.53. The van der Waals surface area contributed by atoms with Crippen molar-refractivity contribution in [3.63, 3.8) is 0 Å². The maximum Gasteiger partial charge on any atom is 0.243 e. The first kappa shape index (κ1) is 23.8. The number of benzene rings is 3. The van der Waals surface area contributed by atoms with Crippen molar-refractivity contribution >= 4 is 27.5 Å². The summed E-state index contributed by atoms with van der Waals surface area (Å²) in [5.41, 5.74) is 1.86. The molecular weight excluding hydrogens is 448 g/mol. The lowest BCUT2D eigenvalue weighted by Crippen LogP contribution is -2.41. The molecule has 0 fully saturated rings. The van der Waals surface area contributed by atoms with Gasteiger partial charge in [0, 0.05) is 18.1 Å². The molecule has 3 aromatic carbocycles. The van der Waals surface area contributed by atoms with Gasteiger partial charge < -0.3 is 10.1 Å². The topological polar surface area (TPSA) is 75.7 Å². The van der Waals surface area contributed by atoms with Crippen LogP contribution >= 0.6 is 11.6 Å². The molecule has 32 heavy (non-hydrogen) atoms. The van der Waals surface area contributed by atoms with Crippen LogP contribution < -0.4 is 10.1 Å². The van der Waals surface area contributed by atoms with Gasteiger partial charge in [0.1, 0.15) is 5.75 Å². The summed E-state index contributed by atoms with van der Waals surface area (Å²) in [5.74, 6) is 0.172. The zero-order chi connectivity index (χ0) is 23.0. The van der Waals surface area contributed by atoms with E-state index in [1.165, 1.54) is 23.5 Å². The Morgan fingerprint density at radius 2 is 1.59 bits per heavy atom. The first-order chi connectivity index (χ1) is 15.4. The fraction of sp³-hybridized carbons (Fsp3) is 0.208. The molecule has 0 saturated carbocycles. The quantitative estimate of drug-likeness (QED) is 0.485. The van der Waals surface area contributed by atoms with Crippen LogP contribution in [0.3, 0.4) is 0 Å². The summed E-state index contributed by atoms with van der Waals surface area (Å²) in [6.07, 6.45) is 0.487. The second kappa shape index (κ2) is 11.1. The fourth-order valence-electron chi connectivity index (χ4n) is 3.10. The summed E-state index contributed by atoms with van der Waals surface area (Å²) in [5, 5.41) is 3.39. The van der Waals surface area contributed by atoms with Crippen LogP contribution in [0.2, 0.25) is 5.02 Å². The van der Waals surface area contributed by atoms with E-state index in [0.717, 1.165) is 11.1 Å². The highest BCUT2D eigenvalue weighted by atomic mass is 35.5. The van der Waals surface area contributed by atoms with Crippen molar-refractivity contribution in [2.75, 3.05) is 20.2 Å². The maximum absolute atomic E-state index is 13.3. The van der Waals surface area contributed by atoms with Crippen LogP contribution in [0.25, 0.3) is 0 Å². The van der Waals surface area contributed by atoms with Gasteiger partial charge in [-0.25, -0.2) is 8.42 Å². The van der Waals surface area contributed by atoms with Crippen molar-refractivity contribution in [2.45, 2.75) is 17.9 Å². The van der Waals surface area contributed by atoms with Crippen molar-refractivity contribution < 1.29 is 17.9 Å². The Bertz CT molecular complexity index is 1120. The molecule has 0 saturated heterocycles. The number of halogens is 1. The standard InChI is InChI=1S/C24H25ClN2O4S/c1-31-22-11-13-23(14-12-22)32(29,30)27(16-15-19-5-3-2-4-6-19)18-24(28)26-17-20-7-9-21(25)10-8-20/h2-14H,15-18H2,1H3,(H,26,28). The number of methoxy groups -OCH3 is 1. The third kappa shape index (κ3) is 6.56. The number of ether oxygens (including phenoxy) is 1. The average Bonchev–Trinajstić information content (AvgIpc) is 2.82. The van der Waals surface area contributed by atoms with Gasteiger partial charge in [-0.1, -0.05) is 54.1 Å². The van der Waals surface area contributed by atoms with Gasteiger partial charge in [-0.3, -0.25) is 4.79 Å². The smallest absolute Gasteiger partial charge is 0.243 e. The third-order valence-electron chi connectivity index (χ3n) is 4.91. The Labute approximate surface area is 193 Å². The van der Waals surface area contributed by atoms with Crippen molar-refractivity contribution in [3.05, 3.63) is 95.0 Å². The van der Waals surface area contributed by atoms with Gasteiger partial charge in [-0.15, -0.1) is 0 Å². The van der Waals surface area contributed by atoms with Crippen molar-refractivity contribution in [1.29, 1.82) is 0 Å². The molecule has 1 amide bonds. The van der Waals surface area contributed by atoms with E-state index in [9.17, 15) is 13.2 Å². The summed E-state index contributed by atoms with van der Waals surface area (Å²) in [6.45, 7) is 0.173. The Hall–Kier alpha value is -2.87. The van der Waals surface area contributed by atoms with Crippen molar-refractivity contribution in [2.24, 2.45) is 0 Å². The number of hydrogen-bond donors (Lipinski definition) is 1. The minimum Gasteiger partial charge on any atom is -0.497 e. The molecule has 0 atom stereocenters. The lowest BCUT2D eigenvalue weighted by molar-refractivity contribution is -0.121. The number of carbonyl (C=O) groups excluding carboxylic acids is 1. The first-order valence-electron chi connectivity index (χ1n) is 10.1. The molecule has 1 N–H and O–H groups in total. The maximum atomic E-state index is 13.3. The fourth-order valence-corrected chi connectivity index (χ4v) is 4.62. The van der Waals surface area contributed by atoms with E-state index in [1.54, 1.807) is 24.3 Å². The number of hydrogen-bond acceptors (Lipinski definition) is 4. The average molecular weight is 473 g/mol. The largest absolute Gasteiger partial charge is 0.497 e. The van der Waals surface area contributed by atoms with E-state index in [1.807, 2.05) is 42.5 Å². The van der Waals surface area contributed by atoms with Crippen LogP contribution in [0.15, 0.2) is 83.8 Å². The van der Waals surface area contributed by atoms with Crippen LogP contribution in [-0.2, 0) is 27.8 Å². The minimum absolute atomic E-state index is 0.108. The molecule has 0 aromatic heterocycles. The molecule has 8 heteroatoms. The highest BCUT2D eigenvalue weighted by molar-refractivity contribution is 7.89. The number of nitrogens with zero attached hydrogens (tertiary/aromatic N) is 1. The van der Waals surface area contributed by atoms with Crippen LogP contribution in [0.5, 0.6) is 5.75 Å². The molecule has 168 valence electrons. The SMILES string of the molecule is COc1ccc(S(=O)(=O)N(CCc2ccccc2)CC(=O)NCc2ccc(Cl)cc2)cc1. The molecule has 0 aliphatic heterocycles. The van der Waals surface area contributed by atoms with Gasteiger partial charge in [0.25, 0.3) is 0 Å². The van der Waals surface area contributed by atoms with Gasteiger partial charge >= 0.3 is 0 Å². The van der Waals surface area contributed by atoms with Crippen LogP contribution in [-0.4, -0.2) is 38.8 Å². The number of nitrogens with one attached hydrogen (secondary N) is 1. The molecule has 0 unspecified atom stereocenters. The van der Waals surface area contributed by atoms with Gasteiger partial charge in [-0.05, 0) is 53.9 Å². The van der Waals surface area contributed by atoms with E-state index in [4.69, 9.17) is 16.3 Å². The molecule has 0 heterocycles. The molecule has 6 nitrogen and oxygen atoms in total. The lowest BCUT2D eigenvalue weighted by atomic mass is 10.1. The van der Waals surface area contributed by atoms with Gasteiger partial charge in [0.05, 0.1) is 18.6 Å². The predicted molar refractivity (Wildman–Crippen MR) is 125 cm³/mol. The Morgan fingerprint density at radius 1 is 0.938 bits per heavy atom. The first-order valence-corrected chi connectivity index (χ1v) is 11.9. The van der Waals surface area contributed by atoms with E-state index >= 15 is 0 Å². The van der Waals surface area contributed by atoms with Gasteiger partial charge in [-0.2, -0.15) is 4.31 Å². The van der Waals surface area contributed by atoms with Crippen molar-refractivity contribution in [1.82, 2.24) is 9.62 Å². The van der Waals surface area contributed by atoms with Gasteiger partial charge in [0.2, 0.25) is 15.9 Å². The van der Waals surface area contributed by atoms with E-state index in [2.05, 4.69) is 5.32 Å². The predicted octanol–water partition coefficient (Wildman–Crippen LogP) is 3.90. The lowest BCUT2D eigenvalue weighted by Gasteiger charge is -2.22. The zero-order valence-corrected chi connectivity index (χ0v) is 19.3.